The Balaban J connectivity index is 1.81. The van der Waals surface area contributed by atoms with E-state index in [0.717, 1.165) is 16.3 Å². The van der Waals surface area contributed by atoms with Crippen molar-refractivity contribution < 1.29 is 8.42 Å². The van der Waals surface area contributed by atoms with Crippen LogP contribution in [-0.2, 0) is 10.0 Å². The van der Waals surface area contributed by atoms with Crippen molar-refractivity contribution >= 4 is 32.4 Å². The Morgan fingerprint density at radius 3 is 2.36 bits per heavy atom. The highest BCUT2D eigenvalue weighted by Crippen LogP contribution is 2.37. The van der Waals surface area contributed by atoms with Gasteiger partial charge in [0.1, 0.15) is 0 Å². The van der Waals surface area contributed by atoms with Crippen molar-refractivity contribution in [3.8, 4) is 0 Å². The van der Waals surface area contributed by atoms with Crippen molar-refractivity contribution in [2.75, 3.05) is 6.54 Å². The molecule has 0 spiro atoms. The zero-order valence-corrected chi connectivity index (χ0v) is 17.4. The molecule has 0 aromatic heterocycles. The second-order valence-electron chi connectivity index (χ2n) is 7.39. The van der Waals surface area contributed by atoms with E-state index in [1.807, 2.05) is 42.5 Å². The maximum atomic E-state index is 13.6. The number of hydrogen-bond donors (Lipinski definition) is 0. The highest BCUT2D eigenvalue weighted by Gasteiger charge is 2.35. The Kier molecular flexibility index (Phi) is 5.04. The number of benzene rings is 3. The summed E-state index contributed by atoms with van der Waals surface area (Å²) >= 11 is 6.03. The fraction of sp³-hybridized carbons (Fsp3) is 0.217. The van der Waals surface area contributed by atoms with Crippen LogP contribution in [0.15, 0.2) is 83.3 Å². The van der Waals surface area contributed by atoms with Gasteiger partial charge in [-0.25, -0.2) is 8.42 Å². The highest BCUT2D eigenvalue weighted by molar-refractivity contribution is 7.89. The lowest BCUT2D eigenvalue weighted by Gasteiger charge is -2.36. The molecule has 1 aliphatic rings. The zero-order valence-electron chi connectivity index (χ0n) is 15.8. The van der Waals surface area contributed by atoms with Crippen LogP contribution in [0.4, 0.5) is 0 Å². The fourth-order valence-corrected chi connectivity index (χ4v) is 5.47. The molecule has 1 heterocycles. The molecule has 0 saturated heterocycles. The summed E-state index contributed by atoms with van der Waals surface area (Å²) in [7, 11) is -3.66. The maximum absolute atomic E-state index is 13.6. The average molecular weight is 412 g/mol. The Labute approximate surface area is 171 Å². The predicted octanol–water partition coefficient (Wildman–Crippen LogP) is 5.82. The average Bonchev–Trinajstić information content (AvgIpc) is 2.70. The van der Waals surface area contributed by atoms with Gasteiger partial charge in [0, 0.05) is 11.6 Å². The first-order chi connectivity index (χ1) is 13.4. The summed E-state index contributed by atoms with van der Waals surface area (Å²) in [6.07, 6.45) is 2.05. The fourth-order valence-electron chi connectivity index (χ4n) is 3.66. The van der Waals surface area contributed by atoms with Gasteiger partial charge in [0.05, 0.1) is 10.9 Å². The molecular formula is C23H22ClNO2S. The number of halogens is 1. The Hall–Kier alpha value is -2.14. The van der Waals surface area contributed by atoms with Gasteiger partial charge >= 0.3 is 0 Å². The molecule has 3 aromatic rings. The summed E-state index contributed by atoms with van der Waals surface area (Å²) < 4.78 is 28.8. The molecule has 0 radical (unpaired) electrons. The number of sulfonamides is 1. The first-order valence-corrected chi connectivity index (χ1v) is 11.1. The molecule has 1 aliphatic heterocycles. The maximum Gasteiger partial charge on any atom is 0.243 e. The van der Waals surface area contributed by atoms with Crippen LogP contribution in [0.25, 0.3) is 10.8 Å². The van der Waals surface area contributed by atoms with Gasteiger partial charge in [0.25, 0.3) is 0 Å². The van der Waals surface area contributed by atoms with E-state index in [4.69, 9.17) is 11.6 Å². The van der Waals surface area contributed by atoms with Gasteiger partial charge in [-0.05, 0) is 53.4 Å². The molecule has 4 rings (SSSR count). The van der Waals surface area contributed by atoms with Gasteiger partial charge < -0.3 is 0 Å². The quantitative estimate of drug-likeness (QED) is 0.509. The van der Waals surface area contributed by atoms with Crippen molar-refractivity contribution in [3.05, 3.63) is 89.0 Å². The molecule has 3 aromatic carbocycles. The van der Waals surface area contributed by atoms with Crippen molar-refractivity contribution in [1.82, 2.24) is 4.31 Å². The van der Waals surface area contributed by atoms with Crippen molar-refractivity contribution in [3.63, 3.8) is 0 Å². The summed E-state index contributed by atoms with van der Waals surface area (Å²) in [6, 6.07) is 20.2. The first-order valence-electron chi connectivity index (χ1n) is 9.31. The van der Waals surface area contributed by atoms with E-state index in [1.165, 1.54) is 5.57 Å². The normalized spacial score (nSPS) is 20.9. The number of hydrogen-bond acceptors (Lipinski definition) is 2. The molecule has 1 unspecified atom stereocenters. The van der Waals surface area contributed by atoms with Gasteiger partial charge in [0.15, 0.2) is 0 Å². The lowest BCUT2D eigenvalue weighted by Crippen LogP contribution is -2.40. The van der Waals surface area contributed by atoms with E-state index in [9.17, 15) is 8.42 Å². The molecular weight excluding hydrogens is 390 g/mol. The van der Waals surface area contributed by atoms with Crippen LogP contribution in [-0.4, -0.2) is 19.3 Å². The van der Waals surface area contributed by atoms with E-state index in [1.54, 1.807) is 28.6 Å². The van der Waals surface area contributed by atoms with Gasteiger partial charge in [-0.3, -0.25) is 0 Å². The van der Waals surface area contributed by atoms with Crippen LogP contribution < -0.4 is 0 Å². The Morgan fingerprint density at radius 1 is 0.964 bits per heavy atom. The molecule has 0 saturated carbocycles. The van der Waals surface area contributed by atoms with E-state index in [0.29, 0.717) is 16.5 Å². The lowest BCUT2D eigenvalue weighted by molar-refractivity contribution is 0.314. The standard InChI is InChI=1S/C23H22ClNO2S/c1-16-13-23(19-7-10-21(24)11-8-19)25(15-17(16)2)28(26,27)22-12-9-18-5-3-4-6-20(18)14-22/h3-14,17,23H,15H2,1-2H3/t17-,23?/m0/s1. The predicted molar refractivity (Wildman–Crippen MR) is 115 cm³/mol. The van der Waals surface area contributed by atoms with Gasteiger partial charge in [-0.15, -0.1) is 0 Å². The molecule has 2 atom stereocenters. The topological polar surface area (TPSA) is 37.4 Å². The van der Waals surface area contributed by atoms with E-state index in [-0.39, 0.29) is 12.0 Å². The third-order valence-electron chi connectivity index (χ3n) is 5.50. The summed E-state index contributed by atoms with van der Waals surface area (Å²) in [4.78, 5) is 0.324. The van der Waals surface area contributed by atoms with Gasteiger partial charge in [-0.2, -0.15) is 4.31 Å². The highest BCUT2D eigenvalue weighted by atomic mass is 35.5. The van der Waals surface area contributed by atoms with E-state index in [2.05, 4.69) is 19.9 Å². The van der Waals surface area contributed by atoms with E-state index < -0.39 is 10.0 Å². The van der Waals surface area contributed by atoms with Crippen molar-refractivity contribution in [1.29, 1.82) is 0 Å². The summed E-state index contributed by atoms with van der Waals surface area (Å²) in [6.45, 7) is 4.57. The van der Waals surface area contributed by atoms with Crippen LogP contribution >= 0.6 is 11.6 Å². The second-order valence-corrected chi connectivity index (χ2v) is 9.72. The van der Waals surface area contributed by atoms with Crippen LogP contribution in [0, 0.1) is 5.92 Å². The molecule has 5 heteroatoms. The van der Waals surface area contributed by atoms with Crippen molar-refractivity contribution in [2.24, 2.45) is 5.92 Å². The van der Waals surface area contributed by atoms with Gasteiger partial charge in [-0.1, -0.05) is 72.6 Å². The minimum absolute atomic E-state index is 0.166. The summed E-state index contributed by atoms with van der Waals surface area (Å²) in [5.74, 6) is 0.166. The zero-order chi connectivity index (χ0) is 19.9. The minimum atomic E-state index is -3.66. The molecule has 0 bridgehead atoms. The largest absolute Gasteiger partial charge is 0.243 e. The van der Waals surface area contributed by atoms with Crippen LogP contribution in [0.1, 0.15) is 25.5 Å². The minimum Gasteiger partial charge on any atom is -0.207 e. The number of fused-ring (bicyclic) bond motifs is 1. The lowest BCUT2D eigenvalue weighted by atomic mass is 9.93. The SMILES string of the molecule is CC1=CC(c2ccc(Cl)cc2)N(S(=O)(=O)c2ccc3ccccc3c2)C[C@@H]1C. The Morgan fingerprint density at radius 2 is 1.64 bits per heavy atom. The second kappa shape index (κ2) is 7.36. The third kappa shape index (κ3) is 3.48. The smallest absolute Gasteiger partial charge is 0.207 e. The Bertz CT molecular complexity index is 1150. The summed E-state index contributed by atoms with van der Waals surface area (Å²) in [5, 5.41) is 2.58. The van der Waals surface area contributed by atoms with Crippen LogP contribution in [0.5, 0.6) is 0 Å². The molecule has 0 aliphatic carbocycles. The number of nitrogens with zero attached hydrogens (tertiary/aromatic N) is 1. The molecule has 0 amide bonds. The van der Waals surface area contributed by atoms with Crippen LogP contribution in [0.3, 0.4) is 0 Å². The molecule has 144 valence electrons. The molecule has 3 nitrogen and oxygen atoms in total. The molecule has 28 heavy (non-hydrogen) atoms. The van der Waals surface area contributed by atoms with Gasteiger partial charge in [0.2, 0.25) is 10.0 Å². The van der Waals surface area contributed by atoms with Crippen LogP contribution in [0.2, 0.25) is 5.02 Å². The van der Waals surface area contributed by atoms with Crippen molar-refractivity contribution in [2.45, 2.75) is 24.8 Å². The third-order valence-corrected chi connectivity index (χ3v) is 7.60. The van der Waals surface area contributed by atoms with E-state index >= 15 is 0 Å². The molecule has 0 N–H and O–H groups in total. The summed E-state index contributed by atoms with van der Waals surface area (Å²) in [5.41, 5.74) is 2.12. The number of rotatable bonds is 3. The first kappa shape index (κ1) is 19.2. The monoisotopic (exact) mass is 411 g/mol. The molecule has 0 fully saturated rings.